The lowest BCUT2D eigenvalue weighted by Crippen LogP contribution is -2.48. The number of ether oxygens (including phenoxy) is 1. The fourth-order valence-corrected chi connectivity index (χ4v) is 2.45. The molecule has 21 heavy (non-hydrogen) atoms. The molecule has 1 amide bonds. The Labute approximate surface area is 125 Å². The molecule has 2 heterocycles. The summed E-state index contributed by atoms with van der Waals surface area (Å²) in [5.41, 5.74) is 0.923. The number of amides is 1. The number of rotatable bonds is 5. The summed E-state index contributed by atoms with van der Waals surface area (Å²) in [6.45, 7) is 6.49. The second-order valence-electron chi connectivity index (χ2n) is 5.80. The van der Waals surface area contributed by atoms with Crippen LogP contribution in [0.25, 0.3) is 0 Å². The summed E-state index contributed by atoms with van der Waals surface area (Å²) in [7, 11) is 1.58. The van der Waals surface area contributed by atoms with Gasteiger partial charge in [-0.3, -0.25) is 9.69 Å². The average molecular weight is 292 g/mol. The summed E-state index contributed by atoms with van der Waals surface area (Å²) in [6, 6.07) is 3.99. The third-order valence-corrected chi connectivity index (χ3v) is 3.67. The first-order valence-electron chi connectivity index (χ1n) is 7.48. The molecule has 1 saturated heterocycles. The Morgan fingerprint density at radius 2 is 2.29 bits per heavy atom. The molecule has 1 aromatic heterocycles. The van der Waals surface area contributed by atoms with Crippen LogP contribution in [0.1, 0.15) is 32.4 Å². The molecular formula is C15H24N4O2. The second-order valence-corrected chi connectivity index (χ2v) is 5.80. The van der Waals surface area contributed by atoms with Gasteiger partial charge in [0.1, 0.15) is 0 Å². The van der Waals surface area contributed by atoms with E-state index in [9.17, 15) is 4.79 Å². The maximum Gasteiger partial charge on any atom is 0.233 e. The summed E-state index contributed by atoms with van der Waals surface area (Å²) in [5, 5.41) is 11.3. The first-order chi connectivity index (χ1) is 10.1. The van der Waals surface area contributed by atoms with Gasteiger partial charge in [0.15, 0.2) is 0 Å². The van der Waals surface area contributed by atoms with Crippen molar-refractivity contribution < 1.29 is 9.53 Å². The molecule has 0 saturated carbocycles. The van der Waals surface area contributed by atoms with E-state index < -0.39 is 0 Å². The van der Waals surface area contributed by atoms with E-state index in [2.05, 4.69) is 20.4 Å². The predicted molar refractivity (Wildman–Crippen MR) is 79.9 cm³/mol. The average Bonchev–Trinajstić information content (AvgIpc) is 2.48. The van der Waals surface area contributed by atoms with Crippen LogP contribution in [0, 0.1) is 5.92 Å². The van der Waals surface area contributed by atoms with E-state index in [1.54, 1.807) is 7.11 Å². The van der Waals surface area contributed by atoms with Crippen molar-refractivity contribution in [3.8, 4) is 5.88 Å². The van der Waals surface area contributed by atoms with Gasteiger partial charge in [-0.2, -0.15) is 5.10 Å². The van der Waals surface area contributed by atoms with E-state index in [0.717, 1.165) is 38.2 Å². The largest absolute Gasteiger partial charge is 0.480 e. The van der Waals surface area contributed by atoms with E-state index in [0.29, 0.717) is 5.88 Å². The van der Waals surface area contributed by atoms with Crippen molar-refractivity contribution in [1.82, 2.24) is 20.4 Å². The number of carbonyl (C=O) groups excluding carboxylic acids is 1. The normalized spacial score (nSPS) is 19.5. The molecule has 0 spiro atoms. The van der Waals surface area contributed by atoms with Gasteiger partial charge in [-0.1, -0.05) is 13.8 Å². The number of nitrogens with zero attached hydrogens (tertiary/aromatic N) is 3. The van der Waals surface area contributed by atoms with Gasteiger partial charge in [-0.15, -0.1) is 5.10 Å². The van der Waals surface area contributed by atoms with Gasteiger partial charge >= 0.3 is 0 Å². The van der Waals surface area contributed by atoms with Gasteiger partial charge in [0.25, 0.3) is 0 Å². The Kier molecular flexibility index (Phi) is 5.50. The SMILES string of the molecule is COc1ccc(CN2CCCC(NC(=O)C(C)C)C2)nn1. The smallest absolute Gasteiger partial charge is 0.233 e. The van der Waals surface area contributed by atoms with Crippen molar-refractivity contribution in [2.24, 2.45) is 5.92 Å². The zero-order valence-corrected chi connectivity index (χ0v) is 13.0. The van der Waals surface area contributed by atoms with E-state index in [-0.39, 0.29) is 17.9 Å². The minimum atomic E-state index is 0.0350. The van der Waals surface area contributed by atoms with Crippen molar-refractivity contribution >= 4 is 5.91 Å². The van der Waals surface area contributed by atoms with Crippen LogP contribution in [0.15, 0.2) is 12.1 Å². The van der Waals surface area contributed by atoms with Gasteiger partial charge < -0.3 is 10.1 Å². The number of piperidine rings is 1. The number of likely N-dealkylation sites (tertiary alicyclic amines) is 1. The van der Waals surface area contributed by atoms with Crippen LogP contribution in [-0.4, -0.2) is 47.2 Å². The van der Waals surface area contributed by atoms with Crippen LogP contribution < -0.4 is 10.1 Å². The van der Waals surface area contributed by atoms with Crippen LogP contribution in [0.3, 0.4) is 0 Å². The lowest BCUT2D eigenvalue weighted by atomic mass is 10.0. The van der Waals surface area contributed by atoms with Crippen molar-refractivity contribution in [1.29, 1.82) is 0 Å². The quantitative estimate of drug-likeness (QED) is 0.884. The molecule has 6 nitrogen and oxygen atoms in total. The predicted octanol–water partition coefficient (Wildman–Crippen LogP) is 1.22. The lowest BCUT2D eigenvalue weighted by Gasteiger charge is -2.33. The fraction of sp³-hybridized carbons (Fsp3) is 0.667. The molecule has 1 aliphatic rings. The molecule has 1 N–H and O–H groups in total. The lowest BCUT2D eigenvalue weighted by molar-refractivity contribution is -0.125. The Morgan fingerprint density at radius 1 is 1.48 bits per heavy atom. The highest BCUT2D eigenvalue weighted by Crippen LogP contribution is 2.14. The molecule has 6 heteroatoms. The van der Waals surface area contributed by atoms with Gasteiger partial charge in [-0.05, 0) is 25.5 Å². The summed E-state index contributed by atoms with van der Waals surface area (Å²) in [5.74, 6) is 0.693. The van der Waals surface area contributed by atoms with Gasteiger partial charge in [-0.25, -0.2) is 0 Å². The Hall–Kier alpha value is -1.69. The van der Waals surface area contributed by atoms with Crippen LogP contribution in [0.4, 0.5) is 0 Å². The van der Waals surface area contributed by atoms with Crippen LogP contribution in [-0.2, 0) is 11.3 Å². The maximum absolute atomic E-state index is 11.8. The van der Waals surface area contributed by atoms with E-state index >= 15 is 0 Å². The van der Waals surface area contributed by atoms with Gasteiger partial charge in [0.2, 0.25) is 11.8 Å². The Balaban J connectivity index is 1.87. The standard InChI is InChI=1S/C15H24N4O2/c1-11(2)15(20)16-12-5-4-8-19(9-12)10-13-6-7-14(21-3)18-17-13/h6-7,11-12H,4-5,8-10H2,1-3H3,(H,16,20). The van der Waals surface area contributed by atoms with Gasteiger partial charge in [0, 0.05) is 31.1 Å². The minimum Gasteiger partial charge on any atom is -0.480 e. The molecule has 116 valence electrons. The molecule has 1 atom stereocenters. The van der Waals surface area contributed by atoms with Crippen molar-refractivity contribution in [2.45, 2.75) is 39.3 Å². The molecular weight excluding hydrogens is 268 g/mol. The number of aromatic nitrogens is 2. The minimum absolute atomic E-state index is 0.0350. The van der Waals surface area contributed by atoms with Crippen molar-refractivity contribution in [3.63, 3.8) is 0 Å². The number of methoxy groups -OCH3 is 1. The Bertz CT molecular complexity index is 461. The molecule has 0 bridgehead atoms. The molecule has 1 unspecified atom stereocenters. The maximum atomic E-state index is 11.8. The molecule has 0 aliphatic carbocycles. The number of hydrogen-bond acceptors (Lipinski definition) is 5. The first-order valence-corrected chi connectivity index (χ1v) is 7.48. The highest BCUT2D eigenvalue weighted by atomic mass is 16.5. The zero-order valence-electron chi connectivity index (χ0n) is 13.0. The topological polar surface area (TPSA) is 67.3 Å². The fourth-order valence-electron chi connectivity index (χ4n) is 2.45. The van der Waals surface area contributed by atoms with Crippen molar-refractivity contribution in [3.05, 3.63) is 17.8 Å². The molecule has 0 aromatic carbocycles. The third kappa shape index (κ3) is 4.67. The summed E-state index contributed by atoms with van der Waals surface area (Å²) < 4.78 is 5.01. The van der Waals surface area contributed by atoms with Crippen LogP contribution >= 0.6 is 0 Å². The molecule has 2 rings (SSSR count). The summed E-state index contributed by atoms with van der Waals surface area (Å²) in [4.78, 5) is 14.1. The number of carbonyl (C=O) groups is 1. The van der Waals surface area contributed by atoms with Crippen molar-refractivity contribution in [2.75, 3.05) is 20.2 Å². The summed E-state index contributed by atoms with van der Waals surface area (Å²) in [6.07, 6.45) is 2.13. The Morgan fingerprint density at radius 3 is 2.90 bits per heavy atom. The van der Waals surface area contributed by atoms with Crippen LogP contribution in [0.2, 0.25) is 0 Å². The molecule has 0 radical (unpaired) electrons. The second kappa shape index (κ2) is 7.36. The highest BCUT2D eigenvalue weighted by Gasteiger charge is 2.22. The summed E-state index contributed by atoms with van der Waals surface area (Å²) >= 11 is 0. The highest BCUT2D eigenvalue weighted by molar-refractivity contribution is 5.78. The van der Waals surface area contributed by atoms with Gasteiger partial charge in [0.05, 0.1) is 12.8 Å². The molecule has 1 aliphatic heterocycles. The molecule has 1 aromatic rings. The number of nitrogens with one attached hydrogen (secondary N) is 1. The van der Waals surface area contributed by atoms with E-state index in [4.69, 9.17) is 4.74 Å². The third-order valence-electron chi connectivity index (χ3n) is 3.67. The first kappa shape index (κ1) is 15.7. The number of hydrogen-bond donors (Lipinski definition) is 1. The zero-order chi connectivity index (χ0) is 15.2. The van der Waals surface area contributed by atoms with Crippen LogP contribution in [0.5, 0.6) is 5.88 Å². The van der Waals surface area contributed by atoms with E-state index in [1.165, 1.54) is 0 Å². The monoisotopic (exact) mass is 292 g/mol. The molecule has 1 fully saturated rings. The van der Waals surface area contributed by atoms with E-state index in [1.807, 2.05) is 26.0 Å².